The van der Waals surface area contributed by atoms with Gasteiger partial charge in [0.05, 0.1) is 17.9 Å². The Morgan fingerprint density at radius 1 is 1.07 bits per heavy atom. The molecule has 150 valence electrons. The number of aromatic hydroxyl groups is 1. The lowest BCUT2D eigenvalue weighted by Gasteiger charge is -2.13. The van der Waals surface area contributed by atoms with Gasteiger partial charge in [0.2, 0.25) is 5.88 Å². The number of aromatic nitrogens is 2. The molecule has 0 amide bonds. The fourth-order valence-electron chi connectivity index (χ4n) is 3.13. The van der Waals surface area contributed by atoms with Crippen LogP contribution in [-0.2, 0) is 6.54 Å². The quantitative estimate of drug-likeness (QED) is 0.624. The van der Waals surface area contributed by atoms with Crippen molar-refractivity contribution < 1.29 is 5.11 Å². The lowest BCUT2D eigenvalue weighted by Crippen LogP contribution is -2.34. The molecule has 0 spiro atoms. The van der Waals surface area contributed by atoms with Crippen LogP contribution in [0.4, 0.5) is 5.69 Å². The van der Waals surface area contributed by atoms with Crippen molar-refractivity contribution in [2.75, 3.05) is 0 Å². The molecule has 3 aromatic rings. The van der Waals surface area contributed by atoms with Crippen molar-refractivity contribution in [2.45, 2.75) is 39.7 Å². The molecule has 2 aromatic carbocycles. The fraction of sp³-hybridized carbons (Fsp3) is 0.261. The summed E-state index contributed by atoms with van der Waals surface area (Å²) < 4.78 is 1.15. The second-order valence-corrected chi connectivity index (χ2v) is 7.19. The number of H-pyrrole nitrogens is 1. The third-order valence-electron chi connectivity index (χ3n) is 4.80. The first-order valence-electron chi connectivity index (χ1n) is 9.68. The smallest absolute Gasteiger partial charge is 0.331 e. The van der Waals surface area contributed by atoms with Crippen molar-refractivity contribution in [1.82, 2.24) is 9.55 Å². The number of hydrogen-bond acceptors (Lipinski definition) is 4. The van der Waals surface area contributed by atoms with Crippen molar-refractivity contribution in [2.24, 2.45) is 4.99 Å². The molecule has 0 bridgehead atoms. The van der Waals surface area contributed by atoms with Crippen LogP contribution in [0.5, 0.6) is 5.88 Å². The van der Waals surface area contributed by atoms with E-state index >= 15 is 0 Å². The third kappa shape index (κ3) is 4.54. The average molecular weight is 391 g/mol. The van der Waals surface area contributed by atoms with Gasteiger partial charge in [-0.05, 0) is 35.6 Å². The van der Waals surface area contributed by atoms with Crippen LogP contribution in [0.2, 0.25) is 0 Å². The summed E-state index contributed by atoms with van der Waals surface area (Å²) in [5.41, 5.74) is 1.86. The van der Waals surface area contributed by atoms with Crippen LogP contribution in [0.3, 0.4) is 0 Å². The molecule has 0 saturated carbocycles. The van der Waals surface area contributed by atoms with Crippen LogP contribution in [0.1, 0.15) is 49.8 Å². The van der Waals surface area contributed by atoms with E-state index < -0.39 is 11.2 Å². The number of nitrogens with one attached hydrogen (secondary N) is 1. The molecule has 1 heterocycles. The standard InChI is InChI=1S/C23H25N3O3/c1-4-19(24-18-12-10-17(11-13-18)15(2)3)20-21(27)25-23(29)26(22(20)28)14-16-8-6-5-7-9-16/h5-13,15,28H,4,14H2,1-3H3,(H,25,27,29). The van der Waals surface area contributed by atoms with Gasteiger partial charge in [-0.15, -0.1) is 0 Å². The molecule has 0 aliphatic heterocycles. The summed E-state index contributed by atoms with van der Waals surface area (Å²) in [6, 6.07) is 17.0. The molecule has 6 heteroatoms. The minimum Gasteiger partial charge on any atom is -0.494 e. The summed E-state index contributed by atoms with van der Waals surface area (Å²) in [4.78, 5) is 31.7. The van der Waals surface area contributed by atoms with Crippen LogP contribution in [0.15, 0.2) is 69.2 Å². The topological polar surface area (TPSA) is 87.4 Å². The highest BCUT2D eigenvalue weighted by Gasteiger charge is 2.18. The fourth-order valence-corrected chi connectivity index (χ4v) is 3.13. The summed E-state index contributed by atoms with van der Waals surface area (Å²) in [6.45, 7) is 6.23. The molecule has 0 radical (unpaired) electrons. The van der Waals surface area contributed by atoms with Gasteiger partial charge in [-0.25, -0.2) is 4.79 Å². The molecule has 6 nitrogen and oxygen atoms in total. The van der Waals surface area contributed by atoms with Gasteiger partial charge in [0.1, 0.15) is 5.56 Å². The van der Waals surface area contributed by atoms with E-state index in [0.29, 0.717) is 23.7 Å². The maximum atomic E-state index is 12.5. The third-order valence-corrected chi connectivity index (χ3v) is 4.80. The highest BCUT2D eigenvalue weighted by molar-refractivity contribution is 6.03. The SMILES string of the molecule is CCC(=Nc1ccc(C(C)C)cc1)c1c(O)n(Cc2ccccc2)c(=O)[nH]c1=O. The van der Waals surface area contributed by atoms with Gasteiger partial charge in [-0.1, -0.05) is 63.2 Å². The van der Waals surface area contributed by atoms with Crippen molar-refractivity contribution in [3.05, 3.63) is 92.1 Å². The van der Waals surface area contributed by atoms with Gasteiger partial charge >= 0.3 is 5.69 Å². The Hall–Kier alpha value is -3.41. The van der Waals surface area contributed by atoms with Crippen LogP contribution in [-0.4, -0.2) is 20.4 Å². The van der Waals surface area contributed by atoms with E-state index in [4.69, 9.17) is 0 Å². The second kappa shape index (κ2) is 8.73. The second-order valence-electron chi connectivity index (χ2n) is 7.19. The monoisotopic (exact) mass is 391 g/mol. The van der Waals surface area contributed by atoms with E-state index in [1.807, 2.05) is 61.5 Å². The average Bonchev–Trinajstić information content (AvgIpc) is 2.71. The Morgan fingerprint density at radius 3 is 2.31 bits per heavy atom. The zero-order chi connectivity index (χ0) is 21.0. The Kier molecular flexibility index (Phi) is 6.12. The first-order chi connectivity index (χ1) is 13.9. The molecule has 0 atom stereocenters. The van der Waals surface area contributed by atoms with Gasteiger partial charge in [0.25, 0.3) is 5.56 Å². The summed E-state index contributed by atoms with van der Waals surface area (Å²) in [5.74, 6) is 0.0362. The van der Waals surface area contributed by atoms with E-state index in [9.17, 15) is 14.7 Å². The molecule has 29 heavy (non-hydrogen) atoms. The zero-order valence-electron chi connectivity index (χ0n) is 16.8. The minimum atomic E-state index is -0.656. The Balaban J connectivity index is 2.06. The van der Waals surface area contributed by atoms with Crippen LogP contribution >= 0.6 is 0 Å². The van der Waals surface area contributed by atoms with E-state index in [2.05, 4.69) is 23.8 Å². The van der Waals surface area contributed by atoms with Crippen molar-refractivity contribution in [1.29, 1.82) is 0 Å². The highest BCUT2D eigenvalue weighted by atomic mass is 16.3. The van der Waals surface area contributed by atoms with Gasteiger partial charge in [0, 0.05) is 0 Å². The maximum Gasteiger partial charge on any atom is 0.331 e. The molecular formula is C23H25N3O3. The van der Waals surface area contributed by atoms with Crippen LogP contribution in [0.25, 0.3) is 0 Å². The van der Waals surface area contributed by atoms with E-state index in [-0.39, 0.29) is 18.0 Å². The molecular weight excluding hydrogens is 366 g/mol. The molecule has 0 unspecified atom stereocenters. The molecule has 0 aliphatic rings. The molecule has 1 aromatic heterocycles. The predicted octanol–water partition coefficient (Wildman–Crippen LogP) is 3.94. The minimum absolute atomic E-state index is 0.0240. The van der Waals surface area contributed by atoms with Crippen molar-refractivity contribution in [3.8, 4) is 5.88 Å². The number of rotatable bonds is 6. The number of hydrogen-bond donors (Lipinski definition) is 2. The van der Waals surface area contributed by atoms with Crippen LogP contribution in [0, 0.1) is 0 Å². The number of aromatic amines is 1. The summed E-state index contributed by atoms with van der Waals surface area (Å²) in [5, 5.41) is 10.8. The molecule has 0 aliphatic carbocycles. The molecule has 0 saturated heterocycles. The summed E-state index contributed by atoms with van der Waals surface area (Å²) in [6.07, 6.45) is 0.423. The summed E-state index contributed by atoms with van der Waals surface area (Å²) >= 11 is 0. The van der Waals surface area contributed by atoms with Crippen molar-refractivity contribution >= 4 is 11.4 Å². The maximum absolute atomic E-state index is 12.5. The van der Waals surface area contributed by atoms with E-state index in [0.717, 1.165) is 10.1 Å². The predicted molar refractivity (Wildman–Crippen MR) is 116 cm³/mol. The lowest BCUT2D eigenvalue weighted by molar-refractivity contribution is 0.408. The normalized spacial score (nSPS) is 11.8. The largest absolute Gasteiger partial charge is 0.494 e. The number of nitrogens with zero attached hydrogens (tertiary/aromatic N) is 2. The Labute approximate surface area is 169 Å². The Bertz CT molecular complexity index is 1120. The van der Waals surface area contributed by atoms with E-state index in [1.54, 1.807) is 0 Å². The molecule has 3 rings (SSSR count). The van der Waals surface area contributed by atoms with Gasteiger partial charge in [-0.3, -0.25) is 19.3 Å². The lowest BCUT2D eigenvalue weighted by atomic mass is 10.0. The zero-order valence-corrected chi connectivity index (χ0v) is 16.8. The van der Waals surface area contributed by atoms with Crippen molar-refractivity contribution in [3.63, 3.8) is 0 Å². The van der Waals surface area contributed by atoms with Gasteiger partial charge in [-0.2, -0.15) is 0 Å². The number of benzene rings is 2. The Morgan fingerprint density at radius 2 is 1.72 bits per heavy atom. The number of aliphatic imine (C=N–C) groups is 1. The van der Waals surface area contributed by atoms with E-state index in [1.165, 1.54) is 5.56 Å². The summed E-state index contributed by atoms with van der Waals surface area (Å²) in [7, 11) is 0. The van der Waals surface area contributed by atoms with Crippen LogP contribution < -0.4 is 11.2 Å². The van der Waals surface area contributed by atoms with Gasteiger partial charge < -0.3 is 5.11 Å². The molecule has 0 fully saturated rings. The van der Waals surface area contributed by atoms with Gasteiger partial charge in [0.15, 0.2) is 0 Å². The first kappa shape index (κ1) is 20.3. The first-order valence-corrected chi connectivity index (χ1v) is 9.68. The highest BCUT2D eigenvalue weighted by Crippen LogP contribution is 2.22. The molecule has 2 N–H and O–H groups in total.